The van der Waals surface area contributed by atoms with Crippen molar-refractivity contribution in [2.45, 2.75) is 12.2 Å². The van der Waals surface area contributed by atoms with Gasteiger partial charge in [-0.25, -0.2) is 4.79 Å². The number of halogens is 3. The van der Waals surface area contributed by atoms with Crippen LogP contribution in [0.5, 0.6) is 0 Å². The first-order valence-electron chi connectivity index (χ1n) is 6.62. The number of anilines is 2. The molecule has 21 heavy (non-hydrogen) atoms. The molecule has 3 rings (SSSR count). The third-order valence-electron chi connectivity index (χ3n) is 3.90. The zero-order valence-electron chi connectivity index (χ0n) is 11.2. The molecule has 1 aromatic carbocycles. The minimum Gasteiger partial charge on any atom is -0.399 e. The van der Waals surface area contributed by atoms with Crippen LogP contribution in [0.2, 0.25) is 0 Å². The summed E-state index contributed by atoms with van der Waals surface area (Å²) >= 11 is 0. The monoisotopic (exact) mass is 300 g/mol. The molecule has 0 radical (unpaired) electrons. The predicted molar refractivity (Wildman–Crippen MR) is 72.0 cm³/mol. The van der Waals surface area contributed by atoms with E-state index in [9.17, 15) is 18.0 Å². The third-order valence-corrected chi connectivity index (χ3v) is 3.90. The van der Waals surface area contributed by atoms with E-state index in [-0.39, 0.29) is 23.4 Å². The molecule has 0 spiro atoms. The van der Waals surface area contributed by atoms with Gasteiger partial charge in [-0.2, -0.15) is 13.2 Å². The maximum Gasteiger partial charge on any atom is 0.418 e. The number of hydrogen-bond acceptors (Lipinski definition) is 3. The minimum atomic E-state index is -4.45. The van der Waals surface area contributed by atoms with Gasteiger partial charge < -0.3 is 20.9 Å². The summed E-state index contributed by atoms with van der Waals surface area (Å²) in [6, 6.07) is 3.59. The summed E-state index contributed by atoms with van der Waals surface area (Å²) in [6.07, 6.45) is -4.45. The highest BCUT2D eigenvalue weighted by Gasteiger charge is 2.39. The highest BCUT2D eigenvalue weighted by molar-refractivity contribution is 5.77. The molecule has 0 saturated carbocycles. The fraction of sp³-hybridized carbons (Fsp3) is 0.462. The molecule has 1 aromatic rings. The SMILES string of the molecule is Nc1ccc(N2CCN3C(=O)NCC3C2)c(C(F)(F)F)c1. The first-order chi connectivity index (χ1) is 9.86. The number of nitrogens with two attached hydrogens (primary N) is 1. The van der Waals surface area contributed by atoms with Crippen molar-refractivity contribution in [3.8, 4) is 0 Å². The first-order valence-corrected chi connectivity index (χ1v) is 6.62. The Labute approximate surface area is 119 Å². The highest BCUT2D eigenvalue weighted by atomic mass is 19.4. The number of carbonyl (C=O) groups is 1. The van der Waals surface area contributed by atoms with Crippen LogP contribution in [0.1, 0.15) is 5.56 Å². The van der Waals surface area contributed by atoms with Gasteiger partial charge in [0.2, 0.25) is 0 Å². The molecule has 2 aliphatic rings. The van der Waals surface area contributed by atoms with Crippen molar-refractivity contribution < 1.29 is 18.0 Å². The highest BCUT2D eigenvalue weighted by Crippen LogP contribution is 2.38. The summed E-state index contributed by atoms with van der Waals surface area (Å²) in [7, 11) is 0. The standard InChI is InChI=1S/C13H15F3N4O/c14-13(15,16)10-5-8(17)1-2-11(10)19-3-4-20-9(7-19)6-18-12(20)21/h1-2,5,9H,3-4,6-7,17H2,(H,18,21). The normalized spacial score (nSPS) is 22.2. The number of amides is 2. The van der Waals surface area contributed by atoms with Crippen molar-refractivity contribution in [2.75, 3.05) is 36.8 Å². The summed E-state index contributed by atoms with van der Waals surface area (Å²) in [5.41, 5.74) is 4.95. The lowest BCUT2D eigenvalue weighted by atomic mass is 10.1. The van der Waals surface area contributed by atoms with Crippen LogP contribution in [0.3, 0.4) is 0 Å². The Balaban J connectivity index is 1.89. The number of piperazine rings is 1. The number of fused-ring (bicyclic) bond motifs is 1. The van der Waals surface area contributed by atoms with Crippen molar-refractivity contribution in [3.05, 3.63) is 23.8 Å². The molecule has 2 amide bonds. The Morgan fingerprint density at radius 1 is 1.29 bits per heavy atom. The molecule has 3 N–H and O–H groups in total. The Morgan fingerprint density at radius 3 is 2.76 bits per heavy atom. The second kappa shape index (κ2) is 4.71. The van der Waals surface area contributed by atoms with Gasteiger partial charge in [0.1, 0.15) is 0 Å². The molecule has 2 aliphatic heterocycles. The van der Waals surface area contributed by atoms with Crippen LogP contribution < -0.4 is 16.0 Å². The first kappa shape index (κ1) is 13.8. The van der Waals surface area contributed by atoms with Crippen LogP contribution >= 0.6 is 0 Å². The maximum absolute atomic E-state index is 13.2. The van der Waals surface area contributed by atoms with E-state index in [0.717, 1.165) is 6.07 Å². The maximum atomic E-state index is 13.2. The van der Waals surface area contributed by atoms with E-state index in [2.05, 4.69) is 5.32 Å². The van der Waals surface area contributed by atoms with Crippen molar-refractivity contribution in [1.29, 1.82) is 0 Å². The topological polar surface area (TPSA) is 61.6 Å². The molecule has 1 unspecified atom stereocenters. The van der Waals surface area contributed by atoms with Crippen molar-refractivity contribution in [3.63, 3.8) is 0 Å². The largest absolute Gasteiger partial charge is 0.418 e. The minimum absolute atomic E-state index is 0.0856. The molecule has 2 heterocycles. The van der Waals surface area contributed by atoms with E-state index in [1.807, 2.05) is 0 Å². The van der Waals surface area contributed by atoms with E-state index in [0.29, 0.717) is 26.2 Å². The number of hydrogen-bond donors (Lipinski definition) is 2. The number of nitrogen functional groups attached to an aromatic ring is 1. The quantitative estimate of drug-likeness (QED) is 0.773. The Kier molecular flexibility index (Phi) is 3.11. The van der Waals surface area contributed by atoms with Crippen LogP contribution in [0, 0.1) is 0 Å². The van der Waals surface area contributed by atoms with Gasteiger partial charge in [-0.3, -0.25) is 0 Å². The van der Waals surface area contributed by atoms with Crippen molar-refractivity contribution >= 4 is 17.4 Å². The van der Waals surface area contributed by atoms with Crippen LogP contribution in [0.25, 0.3) is 0 Å². The number of nitrogens with zero attached hydrogens (tertiary/aromatic N) is 2. The smallest absolute Gasteiger partial charge is 0.399 e. The van der Waals surface area contributed by atoms with Gasteiger partial charge in [-0.05, 0) is 18.2 Å². The number of rotatable bonds is 1. The molecule has 2 fully saturated rings. The number of urea groups is 1. The zero-order chi connectivity index (χ0) is 15.2. The van der Waals surface area contributed by atoms with Gasteiger partial charge in [0.15, 0.2) is 0 Å². The molecule has 0 aliphatic carbocycles. The number of nitrogens with one attached hydrogen (secondary N) is 1. The molecule has 0 aromatic heterocycles. The summed E-state index contributed by atoms with van der Waals surface area (Å²) < 4.78 is 39.5. The lowest BCUT2D eigenvalue weighted by Gasteiger charge is -2.38. The molecule has 2 saturated heterocycles. The lowest BCUT2D eigenvalue weighted by Crippen LogP contribution is -2.52. The summed E-state index contributed by atoms with van der Waals surface area (Å²) in [5, 5.41) is 2.71. The molecule has 0 bridgehead atoms. The van der Waals surface area contributed by atoms with E-state index in [1.165, 1.54) is 12.1 Å². The molecule has 8 heteroatoms. The van der Waals surface area contributed by atoms with Gasteiger partial charge in [0.05, 0.1) is 11.6 Å². The van der Waals surface area contributed by atoms with Crippen LogP contribution in [0.15, 0.2) is 18.2 Å². The van der Waals surface area contributed by atoms with Crippen LogP contribution in [0.4, 0.5) is 29.3 Å². The second-order valence-corrected chi connectivity index (χ2v) is 5.25. The number of carbonyl (C=O) groups excluding carboxylic acids is 1. The molecule has 5 nitrogen and oxygen atoms in total. The van der Waals surface area contributed by atoms with E-state index in [1.54, 1.807) is 9.80 Å². The Hall–Kier alpha value is -2.12. The fourth-order valence-corrected chi connectivity index (χ4v) is 2.88. The zero-order valence-corrected chi connectivity index (χ0v) is 11.2. The molecular weight excluding hydrogens is 285 g/mol. The van der Waals surface area contributed by atoms with Gasteiger partial charge in [0, 0.05) is 37.6 Å². The van der Waals surface area contributed by atoms with Gasteiger partial charge in [-0.1, -0.05) is 0 Å². The van der Waals surface area contributed by atoms with Crippen LogP contribution in [-0.4, -0.2) is 43.2 Å². The van der Waals surface area contributed by atoms with Gasteiger partial charge >= 0.3 is 12.2 Å². The van der Waals surface area contributed by atoms with Crippen molar-refractivity contribution in [2.24, 2.45) is 0 Å². The molecular formula is C13H15F3N4O. The number of alkyl halides is 3. The summed E-state index contributed by atoms with van der Waals surface area (Å²) in [5.74, 6) is 0. The van der Waals surface area contributed by atoms with E-state index < -0.39 is 11.7 Å². The lowest BCUT2D eigenvalue weighted by molar-refractivity contribution is -0.137. The fourth-order valence-electron chi connectivity index (χ4n) is 2.88. The van der Waals surface area contributed by atoms with Gasteiger partial charge in [0.25, 0.3) is 0 Å². The summed E-state index contributed by atoms with van der Waals surface area (Å²) in [6.45, 7) is 1.63. The Morgan fingerprint density at radius 2 is 2.05 bits per heavy atom. The second-order valence-electron chi connectivity index (χ2n) is 5.25. The van der Waals surface area contributed by atoms with Crippen molar-refractivity contribution in [1.82, 2.24) is 10.2 Å². The predicted octanol–water partition coefficient (Wildman–Crippen LogP) is 1.50. The average Bonchev–Trinajstić information content (AvgIpc) is 2.79. The third kappa shape index (κ3) is 2.45. The molecule has 1 atom stereocenters. The number of benzene rings is 1. The van der Waals surface area contributed by atoms with E-state index in [4.69, 9.17) is 5.73 Å². The van der Waals surface area contributed by atoms with Crippen LogP contribution in [-0.2, 0) is 6.18 Å². The summed E-state index contributed by atoms with van der Waals surface area (Å²) in [4.78, 5) is 14.9. The average molecular weight is 300 g/mol. The van der Waals surface area contributed by atoms with Gasteiger partial charge in [-0.15, -0.1) is 0 Å². The van der Waals surface area contributed by atoms with E-state index >= 15 is 0 Å². The molecule has 114 valence electrons. The Bertz CT molecular complexity index is 575.